The number of benzene rings is 3. The van der Waals surface area contributed by atoms with E-state index in [1.54, 1.807) is 24.3 Å². The highest BCUT2D eigenvalue weighted by atomic mass is 32.2. The normalized spacial score (nSPS) is 11.8. The van der Waals surface area contributed by atoms with Crippen LogP contribution in [0.15, 0.2) is 76.4 Å². The average molecular weight is 440 g/mol. The van der Waals surface area contributed by atoms with Gasteiger partial charge < -0.3 is 0 Å². The van der Waals surface area contributed by atoms with E-state index in [-0.39, 0.29) is 11.2 Å². The first-order valence-corrected chi connectivity index (χ1v) is 10.6. The van der Waals surface area contributed by atoms with Gasteiger partial charge in [-0.1, -0.05) is 24.3 Å². The van der Waals surface area contributed by atoms with Crippen LogP contribution in [0.3, 0.4) is 0 Å². The van der Waals surface area contributed by atoms with E-state index in [0.29, 0.717) is 22.5 Å². The van der Waals surface area contributed by atoms with Crippen molar-refractivity contribution in [2.75, 3.05) is 0 Å². The van der Waals surface area contributed by atoms with Crippen LogP contribution < -0.4 is 5.56 Å². The lowest BCUT2D eigenvalue weighted by Gasteiger charge is -2.15. The summed E-state index contributed by atoms with van der Waals surface area (Å²) < 4.78 is 41.1. The fraction of sp³-hybridized carbons (Fsp3) is 0.167. The molecule has 3 aromatic carbocycles. The van der Waals surface area contributed by atoms with Crippen molar-refractivity contribution >= 4 is 22.7 Å². The molecule has 1 aromatic heterocycles. The van der Waals surface area contributed by atoms with Crippen molar-refractivity contribution in [1.82, 2.24) is 9.55 Å². The van der Waals surface area contributed by atoms with Crippen LogP contribution in [-0.4, -0.2) is 9.55 Å². The number of halogens is 3. The molecule has 0 fully saturated rings. The first-order chi connectivity index (χ1) is 14.7. The molecule has 0 aliphatic heterocycles. The molecule has 0 spiro atoms. The molecule has 4 rings (SSSR count). The van der Waals surface area contributed by atoms with Gasteiger partial charge in [-0.05, 0) is 67.4 Å². The van der Waals surface area contributed by atoms with Gasteiger partial charge in [0.05, 0.1) is 27.9 Å². The van der Waals surface area contributed by atoms with Crippen molar-refractivity contribution in [3.05, 3.63) is 99.6 Å². The van der Waals surface area contributed by atoms with Gasteiger partial charge in [-0.15, -0.1) is 11.8 Å². The predicted octanol–water partition coefficient (Wildman–Crippen LogP) is 6.31. The third-order valence-electron chi connectivity index (χ3n) is 4.84. The number of nitrogens with zero attached hydrogens (tertiary/aromatic N) is 2. The molecule has 4 aromatic rings. The maximum Gasteiger partial charge on any atom is 0.416 e. The molecule has 0 unspecified atom stereocenters. The zero-order valence-electron chi connectivity index (χ0n) is 16.9. The molecule has 0 saturated heterocycles. The fourth-order valence-corrected chi connectivity index (χ4v) is 4.56. The summed E-state index contributed by atoms with van der Waals surface area (Å²) in [6, 6.07) is 17.8. The van der Waals surface area contributed by atoms with Crippen molar-refractivity contribution in [2.45, 2.75) is 30.7 Å². The number of thioether (sulfide) groups is 1. The molecule has 31 heavy (non-hydrogen) atoms. The van der Waals surface area contributed by atoms with E-state index in [4.69, 9.17) is 0 Å². The van der Waals surface area contributed by atoms with E-state index in [9.17, 15) is 18.0 Å². The molecule has 7 heteroatoms. The second-order valence-electron chi connectivity index (χ2n) is 7.35. The maximum atomic E-state index is 13.3. The molecular weight excluding hydrogens is 421 g/mol. The Bertz CT molecular complexity index is 1310. The molecule has 3 nitrogen and oxygen atoms in total. The van der Waals surface area contributed by atoms with E-state index in [1.807, 2.05) is 26.0 Å². The largest absolute Gasteiger partial charge is 0.416 e. The summed E-state index contributed by atoms with van der Waals surface area (Å²) in [5.74, 6) is 0.728. The molecule has 0 amide bonds. The Morgan fingerprint density at radius 3 is 2.35 bits per heavy atom. The van der Waals surface area contributed by atoms with Gasteiger partial charge in [-0.25, -0.2) is 4.98 Å². The van der Waals surface area contributed by atoms with Crippen molar-refractivity contribution < 1.29 is 13.2 Å². The van der Waals surface area contributed by atoms with Gasteiger partial charge in [-0.3, -0.25) is 9.36 Å². The third-order valence-corrected chi connectivity index (χ3v) is 5.81. The van der Waals surface area contributed by atoms with Crippen molar-refractivity contribution in [1.29, 1.82) is 0 Å². The number of para-hydroxylation sites is 1. The summed E-state index contributed by atoms with van der Waals surface area (Å²) in [6.07, 6.45) is -4.50. The Balaban J connectivity index is 1.85. The molecule has 0 N–H and O–H groups in total. The fourth-order valence-electron chi connectivity index (χ4n) is 3.53. The van der Waals surface area contributed by atoms with E-state index < -0.39 is 11.7 Å². The molecule has 0 aliphatic rings. The summed E-state index contributed by atoms with van der Waals surface area (Å²) in [4.78, 5) is 18.9. The van der Waals surface area contributed by atoms with Gasteiger partial charge in [0.1, 0.15) is 5.82 Å². The molecule has 0 aliphatic carbocycles. The molecule has 0 atom stereocenters. The Morgan fingerprint density at radius 1 is 0.935 bits per heavy atom. The van der Waals surface area contributed by atoms with Gasteiger partial charge in [0.25, 0.3) is 5.56 Å². The van der Waals surface area contributed by atoms with Gasteiger partial charge in [0, 0.05) is 4.90 Å². The third kappa shape index (κ3) is 4.51. The topological polar surface area (TPSA) is 34.9 Å². The van der Waals surface area contributed by atoms with Gasteiger partial charge in [-0.2, -0.15) is 13.2 Å². The Hall–Kier alpha value is -3.06. The molecule has 0 bridgehead atoms. The number of aryl methyl sites for hydroxylation is 2. The predicted molar refractivity (Wildman–Crippen MR) is 118 cm³/mol. The van der Waals surface area contributed by atoms with E-state index in [1.165, 1.54) is 28.5 Å². The second kappa shape index (κ2) is 8.23. The average Bonchev–Trinajstić information content (AvgIpc) is 2.71. The molecule has 1 heterocycles. The van der Waals surface area contributed by atoms with Crippen molar-refractivity contribution in [2.24, 2.45) is 0 Å². The zero-order chi connectivity index (χ0) is 22.2. The zero-order valence-corrected chi connectivity index (χ0v) is 17.7. The monoisotopic (exact) mass is 440 g/mol. The quantitative estimate of drug-likeness (QED) is 0.349. The number of hydrogen-bond acceptors (Lipinski definition) is 3. The summed E-state index contributed by atoms with van der Waals surface area (Å²) >= 11 is 1.49. The van der Waals surface area contributed by atoms with Gasteiger partial charge in [0.2, 0.25) is 0 Å². The highest BCUT2D eigenvalue weighted by Crippen LogP contribution is 2.31. The summed E-state index contributed by atoms with van der Waals surface area (Å²) in [7, 11) is 0. The lowest BCUT2D eigenvalue weighted by molar-refractivity contribution is -0.137. The Labute approximate surface area is 181 Å². The van der Waals surface area contributed by atoms with E-state index in [0.717, 1.165) is 28.2 Å². The van der Waals surface area contributed by atoms with Gasteiger partial charge >= 0.3 is 6.18 Å². The minimum Gasteiger partial charge on any atom is -0.268 e. The number of rotatable bonds is 4. The van der Waals surface area contributed by atoms with Crippen LogP contribution in [0.2, 0.25) is 0 Å². The number of alkyl halides is 3. The highest BCUT2D eigenvalue weighted by Gasteiger charge is 2.30. The van der Waals surface area contributed by atoms with Crippen LogP contribution >= 0.6 is 11.8 Å². The molecule has 158 valence electrons. The maximum absolute atomic E-state index is 13.3. The first kappa shape index (κ1) is 21.2. The van der Waals surface area contributed by atoms with E-state index in [2.05, 4.69) is 11.1 Å². The lowest BCUT2D eigenvalue weighted by Crippen LogP contribution is -2.24. The van der Waals surface area contributed by atoms with Crippen LogP contribution in [0.4, 0.5) is 13.2 Å². The number of hydrogen-bond donors (Lipinski definition) is 0. The minimum absolute atomic E-state index is 0.147. The van der Waals surface area contributed by atoms with Crippen LogP contribution in [0.25, 0.3) is 16.6 Å². The molecular formula is C24H19F3N2OS. The number of fused-ring (bicyclic) bond motifs is 1. The van der Waals surface area contributed by atoms with Crippen molar-refractivity contribution in [3.63, 3.8) is 0 Å². The smallest absolute Gasteiger partial charge is 0.268 e. The van der Waals surface area contributed by atoms with Crippen LogP contribution in [0.1, 0.15) is 22.5 Å². The lowest BCUT2D eigenvalue weighted by atomic mass is 10.2. The Kier molecular flexibility index (Phi) is 5.62. The summed E-state index contributed by atoms with van der Waals surface area (Å²) in [5.41, 5.74) is 1.70. The highest BCUT2D eigenvalue weighted by molar-refractivity contribution is 7.98. The molecule has 0 radical (unpaired) electrons. The minimum atomic E-state index is -4.50. The second-order valence-corrected chi connectivity index (χ2v) is 8.39. The van der Waals surface area contributed by atoms with Crippen LogP contribution in [0.5, 0.6) is 0 Å². The molecule has 0 saturated carbocycles. The van der Waals surface area contributed by atoms with Crippen molar-refractivity contribution in [3.8, 4) is 5.69 Å². The van der Waals surface area contributed by atoms with Crippen LogP contribution in [0, 0.1) is 13.8 Å². The SMILES string of the molecule is Cc1cc(C)cc(SCc2nc3ccccc3c(=O)n2-c2cccc(C(F)(F)F)c2)c1. The van der Waals surface area contributed by atoms with Crippen LogP contribution in [-0.2, 0) is 11.9 Å². The first-order valence-electron chi connectivity index (χ1n) is 9.62. The summed E-state index contributed by atoms with van der Waals surface area (Å²) in [6.45, 7) is 4.01. The van der Waals surface area contributed by atoms with Gasteiger partial charge in [0.15, 0.2) is 0 Å². The van der Waals surface area contributed by atoms with E-state index >= 15 is 0 Å². The standard InChI is InChI=1S/C24H19F3N2OS/c1-15-10-16(2)12-19(11-15)31-14-22-28-21-9-4-3-8-20(21)23(30)29(22)18-7-5-6-17(13-18)24(25,26)27/h3-13H,14H2,1-2H3. The summed E-state index contributed by atoms with van der Waals surface area (Å²) in [5, 5.41) is 0.361. The Morgan fingerprint density at radius 2 is 1.65 bits per heavy atom. The number of aromatic nitrogens is 2.